The van der Waals surface area contributed by atoms with Crippen molar-refractivity contribution in [3.63, 3.8) is 0 Å². The van der Waals surface area contributed by atoms with Crippen LogP contribution in [0.4, 0.5) is 0 Å². The molecule has 0 spiro atoms. The second-order valence-electron chi connectivity index (χ2n) is 6.90. The first kappa shape index (κ1) is 18.4. The van der Waals surface area contributed by atoms with Crippen molar-refractivity contribution in [2.75, 3.05) is 26.2 Å². The standard InChI is InChI=1S/C18H26N6O2/c1-5-16-21-15(22-26-16)11-23-6-8-24(9-7-23)18(25)14-10-19-13(4)20-17(14)12(2)3/h10,12H,5-9,11H2,1-4H3. The zero-order chi connectivity index (χ0) is 18.7. The van der Waals surface area contributed by atoms with Gasteiger partial charge >= 0.3 is 0 Å². The van der Waals surface area contributed by atoms with Gasteiger partial charge in [0.1, 0.15) is 5.82 Å². The van der Waals surface area contributed by atoms with E-state index in [2.05, 4.69) is 25.0 Å². The largest absolute Gasteiger partial charge is 0.339 e. The van der Waals surface area contributed by atoms with Crippen LogP contribution < -0.4 is 0 Å². The van der Waals surface area contributed by atoms with Crippen molar-refractivity contribution in [3.05, 3.63) is 35.0 Å². The molecule has 8 heteroatoms. The normalized spacial score (nSPS) is 15.7. The lowest BCUT2D eigenvalue weighted by Gasteiger charge is -2.34. The number of rotatable bonds is 5. The second kappa shape index (κ2) is 7.90. The van der Waals surface area contributed by atoms with Gasteiger partial charge in [0.05, 0.1) is 17.8 Å². The molecule has 1 fully saturated rings. The average Bonchev–Trinajstić information content (AvgIpc) is 3.09. The van der Waals surface area contributed by atoms with Gasteiger partial charge in [0.25, 0.3) is 5.91 Å². The van der Waals surface area contributed by atoms with E-state index in [4.69, 9.17) is 4.52 Å². The minimum atomic E-state index is 0.0150. The summed E-state index contributed by atoms with van der Waals surface area (Å²) < 4.78 is 5.15. The molecule has 0 aromatic carbocycles. The van der Waals surface area contributed by atoms with Gasteiger partial charge in [-0.25, -0.2) is 9.97 Å². The van der Waals surface area contributed by atoms with Gasteiger partial charge in [-0.1, -0.05) is 25.9 Å². The third kappa shape index (κ3) is 4.07. The maximum Gasteiger partial charge on any atom is 0.257 e. The lowest BCUT2D eigenvalue weighted by molar-refractivity contribution is 0.0622. The highest BCUT2D eigenvalue weighted by atomic mass is 16.5. The van der Waals surface area contributed by atoms with Crippen LogP contribution in [0.5, 0.6) is 0 Å². The van der Waals surface area contributed by atoms with Gasteiger partial charge in [-0.3, -0.25) is 9.69 Å². The predicted molar refractivity (Wildman–Crippen MR) is 95.7 cm³/mol. The van der Waals surface area contributed by atoms with Crippen molar-refractivity contribution < 1.29 is 9.32 Å². The highest BCUT2D eigenvalue weighted by Crippen LogP contribution is 2.19. The molecule has 1 saturated heterocycles. The molecular formula is C18H26N6O2. The Labute approximate surface area is 153 Å². The minimum absolute atomic E-state index is 0.0150. The Bertz CT molecular complexity index is 765. The summed E-state index contributed by atoms with van der Waals surface area (Å²) in [5.74, 6) is 2.26. The van der Waals surface area contributed by atoms with Crippen LogP contribution in [0.1, 0.15) is 60.3 Å². The van der Waals surface area contributed by atoms with E-state index in [1.165, 1.54) is 0 Å². The first-order valence-corrected chi connectivity index (χ1v) is 9.14. The van der Waals surface area contributed by atoms with Gasteiger partial charge in [0.15, 0.2) is 5.82 Å². The van der Waals surface area contributed by atoms with E-state index >= 15 is 0 Å². The Morgan fingerprint density at radius 2 is 1.96 bits per heavy atom. The number of hydrogen-bond donors (Lipinski definition) is 0. The smallest absolute Gasteiger partial charge is 0.257 e. The molecule has 2 aromatic rings. The third-order valence-electron chi connectivity index (χ3n) is 4.55. The summed E-state index contributed by atoms with van der Waals surface area (Å²) in [6.07, 6.45) is 2.41. The maximum atomic E-state index is 12.9. The highest BCUT2D eigenvalue weighted by molar-refractivity contribution is 5.95. The van der Waals surface area contributed by atoms with Crippen LogP contribution in [0.25, 0.3) is 0 Å². The molecule has 140 valence electrons. The van der Waals surface area contributed by atoms with E-state index < -0.39 is 0 Å². The maximum absolute atomic E-state index is 12.9. The molecule has 0 atom stereocenters. The van der Waals surface area contributed by atoms with Crippen LogP contribution in [0.2, 0.25) is 0 Å². The zero-order valence-corrected chi connectivity index (χ0v) is 15.9. The van der Waals surface area contributed by atoms with Crippen molar-refractivity contribution >= 4 is 5.91 Å². The Morgan fingerprint density at radius 1 is 1.23 bits per heavy atom. The molecule has 1 amide bonds. The van der Waals surface area contributed by atoms with Crippen molar-refractivity contribution in [2.24, 2.45) is 0 Å². The average molecular weight is 358 g/mol. The molecule has 1 aliphatic heterocycles. The summed E-state index contributed by atoms with van der Waals surface area (Å²) in [4.78, 5) is 30.1. The zero-order valence-electron chi connectivity index (χ0n) is 15.9. The van der Waals surface area contributed by atoms with E-state index in [1.54, 1.807) is 6.20 Å². The fraction of sp³-hybridized carbons (Fsp3) is 0.611. The van der Waals surface area contributed by atoms with Crippen LogP contribution >= 0.6 is 0 Å². The summed E-state index contributed by atoms with van der Waals surface area (Å²) in [6, 6.07) is 0. The van der Waals surface area contributed by atoms with Gasteiger partial charge in [-0.15, -0.1) is 0 Å². The molecule has 8 nitrogen and oxygen atoms in total. The first-order valence-electron chi connectivity index (χ1n) is 9.14. The molecule has 3 heterocycles. The van der Waals surface area contributed by atoms with E-state index in [0.717, 1.165) is 25.2 Å². The van der Waals surface area contributed by atoms with E-state index in [-0.39, 0.29) is 11.8 Å². The van der Waals surface area contributed by atoms with Gasteiger partial charge in [0.2, 0.25) is 5.89 Å². The van der Waals surface area contributed by atoms with Crippen LogP contribution in [-0.4, -0.2) is 62.0 Å². The topological polar surface area (TPSA) is 88.3 Å². The lowest BCUT2D eigenvalue weighted by atomic mass is 10.0. The van der Waals surface area contributed by atoms with Crippen LogP contribution in [0.3, 0.4) is 0 Å². The fourth-order valence-corrected chi connectivity index (χ4v) is 3.07. The fourth-order valence-electron chi connectivity index (χ4n) is 3.07. The number of amides is 1. The number of carbonyl (C=O) groups is 1. The Hall–Kier alpha value is -2.35. The van der Waals surface area contributed by atoms with Crippen LogP contribution in [0.15, 0.2) is 10.7 Å². The molecule has 0 radical (unpaired) electrons. The number of hydrogen-bond acceptors (Lipinski definition) is 7. The number of nitrogens with zero attached hydrogens (tertiary/aromatic N) is 6. The van der Waals surface area contributed by atoms with Crippen molar-refractivity contribution in [3.8, 4) is 0 Å². The van der Waals surface area contributed by atoms with E-state index in [0.29, 0.717) is 42.7 Å². The third-order valence-corrected chi connectivity index (χ3v) is 4.55. The van der Waals surface area contributed by atoms with Gasteiger partial charge in [-0.05, 0) is 12.8 Å². The lowest BCUT2D eigenvalue weighted by Crippen LogP contribution is -2.48. The van der Waals surface area contributed by atoms with Crippen molar-refractivity contribution in [2.45, 2.75) is 46.6 Å². The number of aromatic nitrogens is 4. The Morgan fingerprint density at radius 3 is 2.58 bits per heavy atom. The Kier molecular flexibility index (Phi) is 5.61. The highest BCUT2D eigenvalue weighted by Gasteiger charge is 2.26. The summed E-state index contributed by atoms with van der Waals surface area (Å²) in [7, 11) is 0. The predicted octanol–water partition coefficient (Wildman–Crippen LogP) is 1.81. The summed E-state index contributed by atoms with van der Waals surface area (Å²) >= 11 is 0. The molecule has 26 heavy (non-hydrogen) atoms. The molecule has 0 bridgehead atoms. The Balaban J connectivity index is 1.62. The first-order chi connectivity index (χ1) is 12.5. The van der Waals surface area contributed by atoms with Gasteiger partial charge in [0, 0.05) is 38.8 Å². The number of aryl methyl sites for hydroxylation is 2. The quantitative estimate of drug-likeness (QED) is 0.805. The number of carbonyl (C=O) groups excluding carboxylic acids is 1. The van der Waals surface area contributed by atoms with Gasteiger partial charge in [-0.2, -0.15) is 4.98 Å². The molecular weight excluding hydrogens is 332 g/mol. The molecule has 3 rings (SSSR count). The monoisotopic (exact) mass is 358 g/mol. The number of piperazine rings is 1. The second-order valence-corrected chi connectivity index (χ2v) is 6.90. The van der Waals surface area contributed by atoms with Crippen LogP contribution in [0, 0.1) is 6.92 Å². The molecule has 1 aliphatic rings. The molecule has 0 saturated carbocycles. The summed E-state index contributed by atoms with van der Waals surface area (Å²) in [6.45, 7) is 11.5. The SMILES string of the molecule is CCc1nc(CN2CCN(C(=O)c3cnc(C)nc3C(C)C)CC2)no1. The van der Waals surface area contributed by atoms with Gasteiger partial charge < -0.3 is 9.42 Å². The van der Waals surface area contributed by atoms with Crippen LogP contribution in [-0.2, 0) is 13.0 Å². The molecule has 0 unspecified atom stereocenters. The van der Waals surface area contributed by atoms with Crippen molar-refractivity contribution in [1.29, 1.82) is 0 Å². The van der Waals surface area contributed by atoms with E-state index in [9.17, 15) is 4.79 Å². The molecule has 2 aromatic heterocycles. The minimum Gasteiger partial charge on any atom is -0.339 e. The van der Waals surface area contributed by atoms with E-state index in [1.807, 2.05) is 32.6 Å². The molecule has 0 N–H and O–H groups in total. The molecule has 0 aliphatic carbocycles. The van der Waals surface area contributed by atoms with Crippen molar-refractivity contribution in [1.82, 2.24) is 29.9 Å². The summed E-state index contributed by atoms with van der Waals surface area (Å²) in [5.41, 5.74) is 1.44. The summed E-state index contributed by atoms with van der Waals surface area (Å²) in [5, 5.41) is 4.00.